The van der Waals surface area contributed by atoms with Crippen molar-refractivity contribution in [2.24, 2.45) is 0 Å². The number of nitrogens with one attached hydrogen (secondary N) is 4. The summed E-state index contributed by atoms with van der Waals surface area (Å²) in [6.45, 7) is 5.00. The summed E-state index contributed by atoms with van der Waals surface area (Å²) in [5.41, 5.74) is 2.54. The molecule has 3 rings (SSSR count). The molecule has 0 saturated heterocycles. The van der Waals surface area contributed by atoms with Gasteiger partial charge in [-0.2, -0.15) is 0 Å². The van der Waals surface area contributed by atoms with E-state index in [1.165, 1.54) is 0 Å². The van der Waals surface area contributed by atoms with Crippen LogP contribution in [0.4, 0.5) is 16.2 Å². The zero-order valence-electron chi connectivity index (χ0n) is 16.9. The first-order valence-electron chi connectivity index (χ1n) is 9.31. The minimum absolute atomic E-state index is 0.219. The number of aromatic amines is 1. The predicted octanol–water partition coefficient (Wildman–Crippen LogP) is 3.28. The fourth-order valence-corrected chi connectivity index (χ4v) is 2.59. The number of amides is 3. The molecule has 30 heavy (non-hydrogen) atoms. The molecule has 4 N–H and O–H groups in total. The van der Waals surface area contributed by atoms with Crippen LogP contribution in [0.25, 0.3) is 11.0 Å². The van der Waals surface area contributed by atoms with Crippen molar-refractivity contribution < 1.29 is 19.1 Å². The van der Waals surface area contributed by atoms with Crippen LogP contribution in [0.2, 0.25) is 0 Å². The van der Waals surface area contributed by atoms with E-state index >= 15 is 0 Å². The van der Waals surface area contributed by atoms with E-state index in [9.17, 15) is 14.4 Å². The third-order valence-electron chi connectivity index (χ3n) is 3.90. The Labute approximate surface area is 173 Å². The summed E-state index contributed by atoms with van der Waals surface area (Å²) in [7, 11) is 0. The fourth-order valence-electron chi connectivity index (χ4n) is 2.59. The number of fused-ring (bicyclic) bond motifs is 1. The molecule has 0 unspecified atom stereocenters. The average Bonchev–Trinajstić information content (AvgIpc) is 3.14. The lowest BCUT2D eigenvalue weighted by molar-refractivity contribution is -0.115. The molecule has 0 aliphatic rings. The van der Waals surface area contributed by atoms with Crippen molar-refractivity contribution in [3.63, 3.8) is 0 Å². The smallest absolute Gasteiger partial charge is 0.408 e. The summed E-state index contributed by atoms with van der Waals surface area (Å²) in [5.74, 6) is -0.657. The first kappa shape index (κ1) is 20.8. The largest absolute Gasteiger partial charge is 0.444 e. The number of nitrogens with zero attached hydrogens (tertiary/aromatic N) is 1. The lowest BCUT2D eigenvalue weighted by atomic mass is 10.2. The van der Waals surface area contributed by atoms with Gasteiger partial charge in [0.1, 0.15) is 12.1 Å². The Morgan fingerprint density at radius 1 is 1.00 bits per heavy atom. The Balaban J connectivity index is 1.51. The maximum absolute atomic E-state index is 12.4. The van der Waals surface area contributed by atoms with E-state index < -0.39 is 17.6 Å². The highest BCUT2D eigenvalue weighted by Gasteiger charge is 2.16. The molecule has 1 aromatic heterocycles. The monoisotopic (exact) mass is 409 g/mol. The molecule has 3 amide bonds. The second kappa shape index (κ2) is 8.64. The second-order valence-corrected chi connectivity index (χ2v) is 7.57. The van der Waals surface area contributed by atoms with E-state index in [2.05, 4.69) is 25.9 Å². The van der Waals surface area contributed by atoms with Crippen molar-refractivity contribution >= 4 is 40.3 Å². The van der Waals surface area contributed by atoms with E-state index in [0.717, 1.165) is 11.0 Å². The summed E-state index contributed by atoms with van der Waals surface area (Å²) in [6.07, 6.45) is 0.909. The van der Waals surface area contributed by atoms with Gasteiger partial charge in [-0.1, -0.05) is 0 Å². The van der Waals surface area contributed by atoms with Crippen LogP contribution in [0.3, 0.4) is 0 Å². The van der Waals surface area contributed by atoms with Crippen LogP contribution in [-0.4, -0.2) is 40.0 Å². The topological polar surface area (TPSA) is 125 Å². The van der Waals surface area contributed by atoms with Gasteiger partial charge in [0, 0.05) is 16.9 Å². The number of anilines is 2. The highest BCUT2D eigenvalue weighted by atomic mass is 16.6. The molecule has 0 bridgehead atoms. The molecule has 0 aliphatic carbocycles. The van der Waals surface area contributed by atoms with Crippen LogP contribution in [0.15, 0.2) is 48.8 Å². The van der Waals surface area contributed by atoms with Crippen LogP contribution in [0, 0.1) is 0 Å². The quantitative estimate of drug-likeness (QED) is 0.515. The van der Waals surface area contributed by atoms with Crippen LogP contribution in [0.5, 0.6) is 0 Å². The summed E-state index contributed by atoms with van der Waals surface area (Å²) in [5, 5.41) is 7.84. The number of carbonyl (C=O) groups excluding carboxylic acids is 3. The minimum Gasteiger partial charge on any atom is -0.444 e. The van der Waals surface area contributed by atoms with E-state index in [1.54, 1.807) is 69.6 Å². The number of imidazole rings is 1. The summed E-state index contributed by atoms with van der Waals surface area (Å²) >= 11 is 0. The Hall–Kier alpha value is -3.88. The summed E-state index contributed by atoms with van der Waals surface area (Å²) in [6, 6.07) is 11.8. The average molecular weight is 409 g/mol. The van der Waals surface area contributed by atoms with Gasteiger partial charge in [-0.25, -0.2) is 9.78 Å². The van der Waals surface area contributed by atoms with Gasteiger partial charge >= 0.3 is 6.09 Å². The minimum atomic E-state index is -0.663. The van der Waals surface area contributed by atoms with E-state index in [-0.39, 0.29) is 12.5 Å². The lowest BCUT2D eigenvalue weighted by Crippen LogP contribution is -2.37. The molecule has 0 spiro atoms. The molecule has 1 heterocycles. The number of aromatic nitrogens is 2. The molecule has 2 aromatic carbocycles. The van der Waals surface area contributed by atoms with Gasteiger partial charge in [0.15, 0.2) is 0 Å². The van der Waals surface area contributed by atoms with Crippen LogP contribution >= 0.6 is 0 Å². The van der Waals surface area contributed by atoms with E-state index in [1.807, 2.05) is 0 Å². The fraction of sp³-hybridized carbons (Fsp3) is 0.238. The molecular formula is C21H23N5O4. The molecule has 0 aliphatic heterocycles. The van der Waals surface area contributed by atoms with Crippen LogP contribution in [0.1, 0.15) is 31.1 Å². The maximum atomic E-state index is 12.4. The van der Waals surface area contributed by atoms with Gasteiger partial charge in [-0.15, -0.1) is 0 Å². The molecule has 0 fully saturated rings. The first-order chi connectivity index (χ1) is 14.2. The third kappa shape index (κ3) is 5.81. The number of ether oxygens (including phenoxy) is 1. The number of hydrogen-bond acceptors (Lipinski definition) is 5. The Morgan fingerprint density at radius 2 is 1.67 bits per heavy atom. The summed E-state index contributed by atoms with van der Waals surface area (Å²) < 4.78 is 5.07. The Bertz CT molecular complexity index is 1070. The van der Waals surface area contributed by atoms with Gasteiger partial charge in [0.25, 0.3) is 5.91 Å². The number of alkyl carbamates (subject to hydrolysis) is 1. The number of H-pyrrole nitrogens is 1. The van der Waals surface area contributed by atoms with Gasteiger partial charge in [0.05, 0.1) is 17.4 Å². The van der Waals surface area contributed by atoms with Crippen molar-refractivity contribution in [2.75, 3.05) is 17.2 Å². The highest BCUT2D eigenvalue weighted by Crippen LogP contribution is 2.16. The zero-order valence-corrected chi connectivity index (χ0v) is 16.9. The molecule has 9 nitrogen and oxygen atoms in total. The van der Waals surface area contributed by atoms with Crippen molar-refractivity contribution in [1.82, 2.24) is 15.3 Å². The molecule has 0 saturated carbocycles. The number of carbonyl (C=O) groups is 3. The van der Waals surface area contributed by atoms with Crippen molar-refractivity contribution in [1.29, 1.82) is 0 Å². The van der Waals surface area contributed by atoms with Crippen molar-refractivity contribution in [3.05, 3.63) is 54.4 Å². The second-order valence-electron chi connectivity index (χ2n) is 7.57. The van der Waals surface area contributed by atoms with Crippen LogP contribution < -0.4 is 16.0 Å². The normalized spacial score (nSPS) is 11.0. The first-order valence-corrected chi connectivity index (χ1v) is 9.31. The molecular weight excluding hydrogens is 386 g/mol. The zero-order chi connectivity index (χ0) is 21.7. The highest BCUT2D eigenvalue weighted by molar-refractivity contribution is 6.06. The van der Waals surface area contributed by atoms with Crippen molar-refractivity contribution in [2.45, 2.75) is 26.4 Å². The predicted molar refractivity (Wildman–Crippen MR) is 113 cm³/mol. The molecule has 0 atom stereocenters. The molecule has 3 aromatic rings. The van der Waals surface area contributed by atoms with E-state index in [0.29, 0.717) is 16.9 Å². The standard InChI is InChI=1S/C21H23N5O4/c1-21(2,3)30-20(29)22-11-18(27)25-14-5-7-15(8-6-14)26-19(28)13-4-9-16-17(10-13)24-12-23-16/h4-10,12H,11H2,1-3H3,(H,22,29)(H,23,24)(H,25,27)(H,26,28). The van der Waals surface area contributed by atoms with Gasteiger partial charge in [0.2, 0.25) is 5.91 Å². The van der Waals surface area contributed by atoms with Gasteiger partial charge in [-0.3, -0.25) is 9.59 Å². The number of benzene rings is 2. The van der Waals surface area contributed by atoms with Gasteiger partial charge in [-0.05, 0) is 63.2 Å². The number of rotatable bonds is 5. The molecule has 156 valence electrons. The Morgan fingerprint density at radius 3 is 2.33 bits per heavy atom. The number of hydrogen-bond donors (Lipinski definition) is 4. The Kier molecular flexibility index (Phi) is 6.01. The summed E-state index contributed by atoms with van der Waals surface area (Å²) in [4.78, 5) is 43.0. The van der Waals surface area contributed by atoms with Gasteiger partial charge < -0.3 is 25.7 Å². The molecule has 9 heteroatoms. The maximum Gasteiger partial charge on any atom is 0.408 e. The molecule has 0 radical (unpaired) electrons. The SMILES string of the molecule is CC(C)(C)OC(=O)NCC(=O)Nc1ccc(NC(=O)c2ccc3nc[nH]c3c2)cc1. The third-order valence-corrected chi connectivity index (χ3v) is 3.90. The van der Waals surface area contributed by atoms with Crippen molar-refractivity contribution in [3.8, 4) is 0 Å². The van der Waals surface area contributed by atoms with E-state index in [4.69, 9.17) is 4.74 Å². The van der Waals surface area contributed by atoms with Crippen LogP contribution in [-0.2, 0) is 9.53 Å². The lowest BCUT2D eigenvalue weighted by Gasteiger charge is -2.19.